The second-order valence-electron chi connectivity index (χ2n) is 4.17. The highest BCUT2D eigenvalue weighted by molar-refractivity contribution is 7.89. The highest BCUT2D eigenvalue weighted by Crippen LogP contribution is 2.11. The molecule has 0 bridgehead atoms. The fourth-order valence-corrected chi connectivity index (χ4v) is 2.91. The number of aromatic nitrogens is 3. The van der Waals surface area contributed by atoms with Gasteiger partial charge in [-0.25, -0.2) is 18.1 Å². The minimum Gasteiger partial charge on any atom is -0.384 e. The summed E-state index contributed by atoms with van der Waals surface area (Å²) in [5.74, 6) is 0.169. The molecule has 0 aliphatic rings. The number of rotatable bonds is 5. The molecule has 3 N–H and O–H groups in total. The summed E-state index contributed by atoms with van der Waals surface area (Å²) in [6, 6.07) is 4.21. The highest BCUT2D eigenvalue weighted by atomic mass is 32.2. The molecule has 8 heteroatoms. The second kappa shape index (κ2) is 5.37. The summed E-state index contributed by atoms with van der Waals surface area (Å²) in [6.07, 6.45) is 4.78. The molecule has 0 aromatic carbocycles. The Balaban J connectivity index is 2.09. The van der Waals surface area contributed by atoms with Gasteiger partial charge in [-0.2, -0.15) is 5.10 Å². The lowest BCUT2D eigenvalue weighted by atomic mass is 10.4. The van der Waals surface area contributed by atoms with Crippen molar-refractivity contribution < 1.29 is 8.42 Å². The lowest BCUT2D eigenvalue weighted by Gasteiger charge is -2.14. The molecule has 7 nitrogen and oxygen atoms in total. The summed E-state index contributed by atoms with van der Waals surface area (Å²) in [6.45, 7) is 2.22. The number of anilines is 1. The van der Waals surface area contributed by atoms with Crippen molar-refractivity contribution in [3.05, 3.63) is 36.8 Å². The van der Waals surface area contributed by atoms with E-state index in [0.717, 1.165) is 0 Å². The summed E-state index contributed by atoms with van der Waals surface area (Å²) < 4.78 is 28.4. The van der Waals surface area contributed by atoms with Crippen LogP contribution >= 0.6 is 0 Å². The van der Waals surface area contributed by atoms with Crippen molar-refractivity contribution >= 4 is 15.8 Å². The minimum atomic E-state index is -3.60. The molecule has 0 fully saturated rings. The van der Waals surface area contributed by atoms with Crippen molar-refractivity contribution in [1.82, 2.24) is 19.5 Å². The van der Waals surface area contributed by atoms with E-state index in [4.69, 9.17) is 5.73 Å². The van der Waals surface area contributed by atoms with E-state index in [0.29, 0.717) is 6.54 Å². The molecule has 0 saturated heterocycles. The van der Waals surface area contributed by atoms with Crippen LogP contribution in [0.3, 0.4) is 0 Å². The van der Waals surface area contributed by atoms with Gasteiger partial charge >= 0.3 is 0 Å². The van der Waals surface area contributed by atoms with E-state index in [1.54, 1.807) is 30.1 Å². The van der Waals surface area contributed by atoms with Crippen LogP contribution < -0.4 is 10.5 Å². The van der Waals surface area contributed by atoms with Gasteiger partial charge in [0.25, 0.3) is 0 Å². The van der Waals surface area contributed by atoms with Crippen LogP contribution in [-0.4, -0.2) is 29.2 Å². The first-order valence-electron chi connectivity index (χ1n) is 5.68. The number of hydrogen-bond acceptors (Lipinski definition) is 5. The van der Waals surface area contributed by atoms with Crippen molar-refractivity contribution in [2.75, 3.05) is 5.73 Å². The molecule has 0 saturated carbocycles. The first kappa shape index (κ1) is 13.5. The van der Waals surface area contributed by atoms with Crippen molar-refractivity contribution in [3.8, 4) is 0 Å². The fourth-order valence-electron chi connectivity index (χ4n) is 1.65. The molecule has 2 aromatic rings. The summed E-state index contributed by atoms with van der Waals surface area (Å²) in [4.78, 5) is 3.87. The van der Waals surface area contributed by atoms with Gasteiger partial charge in [0.15, 0.2) is 0 Å². The Bertz CT molecular complexity index is 639. The van der Waals surface area contributed by atoms with Gasteiger partial charge in [0, 0.05) is 30.7 Å². The Morgan fingerprint density at radius 2 is 2.26 bits per heavy atom. The Morgan fingerprint density at radius 3 is 2.89 bits per heavy atom. The van der Waals surface area contributed by atoms with Gasteiger partial charge in [0.05, 0.1) is 11.4 Å². The number of pyridine rings is 1. The van der Waals surface area contributed by atoms with Crippen LogP contribution in [0.2, 0.25) is 0 Å². The SMILES string of the molecule is CC(Cn1cccn1)NS(=O)(=O)c1ccnc(N)c1. The van der Waals surface area contributed by atoms with E-state index in [9.17, 15) is 8.42 Å². The monoisotopic (exact) mass is 281 g/mol. The average molecular weight is 281 g/mol. The zero-order chi connectivity index (χ0) is 13.9. The van der Waals surface area contributed by atoms with E-state index in [1.165, 1.54) is 18.3 Å². The number of sulfonamides is 1. The van der Waals surface area contributed by atoms with Crippen molar-refractivity contribution in [2.24, 2.45) is 0 Å². The molecule has 0 spiro atoms. The lowest BCUT2D eigenvalue weighted by molar-refractivity contribution is 0.494. The number of nitrogens with zero attached hydrogens (tertiary/aromatic N) is 3. The van der Waals surface area contributed by atoms with Gasteiger partial charge < -0.3 is 5.73 Å². The third kappa shape index (κ3) is 3.52. The van der Waals surface area contributed by atoms with E-state index in [2.05, 4.69) is 14.8 Å². The molecule has 2 rings (SSSR count). The quantitative estimate of drug-likeness (QED) is 0.816. The molecule has 2 heterocycles. The normalized spacial score (nSPS) is 13.3. The van der Waals surface area contributed by atoms with Gasteiger partial charge in [-0.3, -0.25) is 4.68 Å². The molecule has 0 amide bonds. The maximum atomic E-state index is 12.1. The average Bonchev–Trinajstić information content (AvgIpc) is 2.81. The molecule has 102 valence electrons. The predicted octanol–water partition coefficient (Wildman–Crippen LogP) is 0.227. The van der Waals surface area contributed by atoms with Crippen LogP contribution in [0.5, 0.6) is 0 Å². The van der Waals surface area contributed by atoms with Crippen LogP contribution in [0.4, 0.5) is 5.82 Å². The molecule has 0 aliphatic carbocycles. The van der Waals surface area contributed by atoms with Gasteiger partial charge in [0.2, 0.25) is 10.0 Å². The van der Waals surface area contributed by atoms with Crippen molar-refractivity contribution in [3.63, 3.8) is 0 Å². The summed E-state index contributed by atoms with van der Waals surface area (Å²) in [5.41, 5.74) is 5.48. The number of nitrogens with two attached hydrogens (primary N) is 1. The van der Waals surface area contributed by atoms with E-state index < -0.39 is 10.0 Å². The van der Waals surface area contributed by atoms with Crippen LogP contribution in [0.15, 0.2) is 41.7 Å². The van der Waals surface area contributed by atoms with Crippen molar-refractivity contribution in [1.29, 1.82) is 0 Å². The molecule has 1 unspecified atom stereocenters. The van der Waals surface area contributed by atoms with E-state index in [-0.39, 0.29) is 16.8 Å². The number of hydrogen-bond donors (Lipinski definition) is 2. The third-order valence-corrected chi connectivity index (χ3v) is 4.03. The fraction of sp³-hybridized carbons (Fsp3) is 0.273. The Kier molecular flexibility index (Phi) is 3.82. The standard InChI is InChI=1S/C11H15N5O2S/c1-9(8-16-6-2-4-14-16)15-19(17,18)10-3-5-13-11(12)7-10/h2-7,9,15H,8H2,1H3,(H2,12,13). The van der Waals surface area contributed by atoms with E-state index >= 15 is 0 Å². The predicted molar refractivity (Wildman–Crippen MR) is 70.7 cm³/mol. The molecule has 0 aliphatic heterocycles. The maximum Gasteiger partial charge on any atom is 0.241 e. The summed E-state index contributed by atoms with van der Waals surface area (Å²) >= 11 is 0. The molecule has 2 aromatic heterocycles. The minimum absolute atomic E-state index is 0.104. The molecule has 0 radical (unpaired) electrons. The molecule has 19 heavy (non-hydrogen) atoms. The lowest BCUT2D eigenvalue weighted by Crippen LogP contribution is -2.35. The van der Waals surface area contributed by atoms with E-state index in [1.807, 2.05) is 0 Å². The third-order valence-electron chi connectivity index (χ3n) is 2.44. The number of nitrogen functional groups attached to an aromatic ring is 1. The van der Waals surface area contributed by atoms with Gasteiger partial charge in [-0.1, -0.05) is 0 Å². The van der Waals surface area contributed by atoms with Crippen LogP contribution in [0, 0.1) is 0 Å². The zero-order valence-corrected chi connectivity index (χ0v) is 11.2. The topological polar surface area (TPSA) is 103 Å². The van der Waals surface area contributed by atoms with Gasteiger partial charge in [-0.15, -0.1) is 0 Å². The molecule has 1 atom stereocenters. The largest absolute Gasteiger partial charge is 0.384 e. The van der Waals surface area contributed by atoms with Crippen molar-refractivity contribution in [2.45, 2.75) is 24.4 Å². The second-order valence-corrected chi connectivity index (χ2v) is 5.88. The Labute approximate surface area is 111 Å². The zero-order valence-electron chi connectivity index (χ0n) is 10.4. The summed E-state index contributed by atoms with van der Waals surface area (Å²) in [7, 11) is -3.60. The van der Waals surface area contributed by atoms with Gasteiger partial charge in [-0.05, 0) is 19.1 Å². The highest BCUT2D eigenvalue weighted by Gasteiger charge is 2.18. The Morgan fingerprint density at radius 1 is 1.47 bits per heavy atom. The first-order valence-corrected chi connectivity index (χ1v) is 7.17. The maximum absolute atomic E-state index is 12.1. The molecular formula is C11H15N5O2S. The van der Waals surface area contributed by atoms with Gasteiger partial charge in [0.1, 0.15) is 5.82 Å². The van der Waals surface area contributed by atoms with Crippen LogP contribution in [0.25, 0.3) is 0 Å². The van der Waals surface area contributed by atoms with Crippen LogP contribution in [0.1, 0.15) is 6.92 Å². The first-order chi connectivity index (χ1) is 8.97. The summed E-state index contributed by atoms with van der Waals surface area (Å²) in [5, 5.41) is 4.02. The smallest absolute Gasteiger partial charge is 0.241 e. The van der Waals surface area contributed by atoms with Crippen LogP contribution in [-0.2, 0) is 16.6 Å². The number of nitrogens with one attached hydrogen (secondary N) is 1. The molecular weight excluding hydrogens is 266 g/mol. The Hall–Kier alpha value is -1.93.